The molecule has 0 aliphatic heterocycles. The summed E-state index contributed by atoms with van der Waals surface area (Å²) in [6.45, 7) is 3.14. The molecule has 4 nitrogen and oxygen atoms in total. The molecule has 2 N–H and O–H groups in total. The van der Waals surface area contributed by atoms with Crippen LogP contribution < -0.4 is 29.6 Å². The topological polar surface area (TPSA) is 78.2 Å². The fourth-order valence-electron chi connectivity index (χ4n) is 0.793. The van der Waals surface area contributed by atoms with Gasteiger partial charge in [-0.15, -0.1) is 11.3 Å². The van der Waals surface area contributed by atoms with Crippen LogP contribution in [0.25, 0.3) is 5.14 Å². The number of hydrogen-bond acceptors (Lipinski definition) is 4. The van der Waals surface area contributed by atoms with E-state index in [-0.39, 0.29) is 33.8 Å². The Hall–Kier alpha value is 0.570. The van der Waals surface area contributed by atoms with Crippen LogP contribution in [0, 0.1) is 0 Å². The molecule has 1 heterocycles. The molecule has 0 spiro atoms. The van der Waals surface area contributed by atoms with Crippen LogP contribution in [0.3, 0.4) is 0 Å². The Labute approximate surface area is 109 Å². The van der Waals surface area contributed by atoms with Gasteiger partial charge < -0.3 is 10.2 Å². The van der Waals surface area contributed by atoms with Gasteiger partial charge in [-0.1, -0.05) is 0 Å². The normalized spacial score (nSPS) is 12.3. The van der Waals surface area contributed by atoms with Gasteiger partial charge in [0.05, 0.1) is 5.60 Å². The molecule has 0 saturated carbocycles. The van der Waals surface area contributed by atoms with Gasteiger partial charge in [0.1, 0.15) is 14.2 Å². The molecule has 14 heavy (non-hydrogen) atoms. The molecular formula is C7H10NNaO3S2. The quantitative estimate of drug-likeness (QED) is 0.657. The largest absolute Gasteiger partial charge is 1.00 e. The monoisotopic (exact) mass is 243 g/mol. The summed E-state index contributed by atoms with van der Waals surface area (Å²) in [5, 5.41) is 16.3. The molecule has 0 atom stereocenters. The summed E-state index contributed by atoms with van der Waals surface area (Å²) in [6, 6.07) is 2.85. The van der Waals surface area contributed by atoms with Gasteiger partial charge >= 0.3 is 29.6 Å². The van der Waals surface area contributed by atoms with E-state index in [9.17, 15) is 13.5 Å². The summed E-state index contributed by atoms with van der Waals surface area (Å²) in [4.78, 5) is 0.540. The van der Waals surface area contributed by atoms with E-state index in [2.05, 4.69) is 0 Å². The predicted molar refractivity (Wildman–Crippen MR) is 51.1 cm³/mol. The average Bonchev–Trinajstić information content (AvgIpc) is 2.28. The van der Waals surface area contributed by atoms with E-state index < -0.39 is 15.6 Å². The molecule has 0 aromatic carbocycles. The van der Waals surface area contributed by atoms with Gasteiger partial charge in [-0.2, -0.15) is 0 Å². The average molecular weight is 243 g/mol. The van der Waals surface area contributed by atoms with Crippen molar-refractivity contribution in [2.45, 2.75) is 23.7 Å². The zero-order chi connectivity index (χ0) is 10.3. The van der Waals surface area contributed by atoms with Crippen molar-refractivity contribution in [3.8, 4) is 0 Å². The second-order valence-electron chi connectivity index (χ2n) is 3.18. The number of thiophene rings is 1. The van der Waals surface area contributed by atoms with Crippen molar-refractivity contribution in [2.24, 2.45) is 0 Å². The molecular weight excluding hydrogens is 233 g/mol. The van der Waals surface area contributed by atoms with Crippen LogP contribution in [-0.4, -0.2) is 13.5 Å². The minimum Gasteiger partial charge on any atom is -0.559 e. The Morgan fingerprint density at radius 2 is 1.93 bits per heavy atom. The van der Waals surface area contributed by atoms with Crippen LogP contribution in [0.4, 0.5) is 0 Å². The molecule has 0 aliphatic rings. The van der Waals surface area contributed by atoms with Crippen LogP contribution in [0.1, 0.15) is 18.7 Å². The third kappa shape index (κ3) is 3.62. The minimum absolute atomic E-state index is 0. The molecule has 0 aliphatic carbocycles. The molecule has 1 aromatic heterocycles. The van der Waals surface area contributed by atoms with Crippen molar-refractivity contribution in [1.29, 1.82) is 0 Å². The number of nitrogens with one attached hydrogen (secondary N) is 1. The maximum atomic E-state index is 10.8. The van der Waals surface area contributed by atoms with E-state index in [1.54, 1.807) is 13.8 Å². The van der Waals surface area contributed by atoms with E-state index in [4.69, 9.17) is 5.14 Å². The molecule has 0 saturated heterocycles. The van der Waals surface area contributed by atoms with Crippen LogP contribution >= 0.6 is 11.3 Å². The van der Waals surface area contributed by atoms with Crippen LogP contribution in [0.2, 0.25) is 0 Å². The zero-order valence-corrected chi connectivity index (χ0v) is 11.9. The van der Waals surface area contributed by atoms with Crippen LogP contribution in [-0.2, 0) is 15.6 Å². The van der Waals surface area contributed by atoms with Crippen molar-refractivity contribution >= 4 is 21.4 Å². The van der Waals surface area contributed by atoms with Crippen molar-refractivity contribution in [1.82, 2.24) is 0 Å². The zero-order valence-electron chi connectivity index (χ0n) is 8.23. The van der Waals surface area contributed by atoms with E-state index >= 15 is 0 Å². The first-order valence-corrected chi connectivity index (χ1v) is 5.83. The van der Waals surface area contributed by atoms with Gasteiger partial charge in [0.2, 0.25) is 0 Å². The van der Waals surface area contributed by atoms with Crippen molar-refractivity contribution in [3.63, 3.8) is 0 Å². The molecule has 1 aromatic rings. The van der Waals surface area contributed by atoms with E-state index in [0.717, 1.165) is 11.3 Å². The fourth-order valence-corrected chi connectivity index (χ4v) is 2.49. The summed E-state index contributed by atoms with van der Waals surface area (Å²) in [5.74, 6) is 0. The first-order chi connectivity index (χ1) is 5.71. The Balaban J connectivity index is 0.00000169. The van der Waals surface area contributed by atoms with E-state index in [0.29, 0.717) is 4.88 Å². The Morgan fingerprint density at radius 3 is 2.14 bits per heavy atom. The van der Waals surface area contributed by atoms with Gasteiger partial charge in [-0.25, -0.2) is 8.42 Å². The number of hydrogen-bond donors (Lipinski definition) is 1. The van der Waals surface area contributed by atoms with Gasteiger partial charge in [0.25, 0.3) is 0 Å². The number of aliphatic hydroxyl groups is 1. The third-order valence-corrected chi connectivity index (χ3v) is 4.22. The molecule has 0 radical (unpaired) electrons. The Kier molecular flexibility index (Phi) is 4.80. The smallest absolute Gasteiger partial charge is 0.559 e. The molecule has 7 heteroatoms. The van der Waals surface area contributed by atoms with Crippen LogP contribution in [0.5, 0.6) is 0 Å². The fraction of sp³-hybridized carbons (Fsp3) is 0.429. The molecule has 0 fully saturated rings. The molecule has 0 bridgehead atoms. The Bertz CT molecular complexity index is 405. The van der Waals surface area contributed by atoms with E-state index in [1.165, 1.54) is 12.1 Å². The van der Waals surface area contributed by atoms with Crippen LogP contribution in [0.15, 0.2) is 16.3 Å². The second-order valence-corrected chi connectivity index (χ2v) is 5.97. The minimum atomic E-state index is -3.88. The SMILES string of the molecule is CC(C)(O)c1ccc(S([NH-])(=O)=O)s1.[Na+]. The maximum absolute atomic E-state index is 10.8. The van der Waals surface area contributed by atoms with Crippen molar-refractivity contribution in [2.75, 3.05) is 0 Å². The summed E-state index contributed by atoms with van der Waals surface area (Å²) in [5.41, 5.74) is -1.05. The van der Waals surface area contributed by atoms with Gasteiger partial charge in [-0.3, -0.25) is 0 Å². The summed E-state index contributed by atoms with van der Waals surface area (Å²) in [7, 11) is -3.88. The van der Waals surface area contributed by atoms with Gasteiger partial charge in [0, 0.05) is 4.88 Å². The third-order valence-electron chi connectivity index (χ3n) is 1.45. The van der Waals surface area contributed by atoms with E-state index in [1.807, 2.05) is 0 Å². The number of rotatable bonds is 2. The van der Waals surface area contributed by atoms with Crippen molar-refractivity contribution < 1.29 is 43.1 Å². The van der Waals surface area contributed by atoms with Crippen molar-refractivity contribution in [3.05, 3.63) is 22.1 Å². The summed E-state index contributed by atoms with van der Waals surface area (Å²) in [6.07, 6.45) is 0. The molecule has 1 rings (SSSR count). The molecule has 0 amide bonds. The Morgan fingerprint density at radius 1 is 1.43 bits per heavy atom. The summed E-state index contributed by atoms with van der Waals surface area (Å²) >= 11 is 0.921. The first-order valence-electron chi connectivity index (χ1n) is 3.53. The molecule has 74 valence electrons. The molecule has 0 unspecified atom stereocenters. The predicted octanol–water partition coefficient (Wildman–Crippen LogP) is -1.28. The summed E-state index contributed by atoms with van der Waals surface area (Å²) < 4.78 is 21.5. The van der Waals surface area contributed by atoms with Gasteiger partial charge in [0.15, 0.2) is 0 Å². The number of sulfonamides is 1. The maximum Gasteiger partial charge on any atom is 1.00 e. The standard InChI is InChI=1S/C7H10NO3S2.Na/c1-7(2,9)5-3-4-6(12-5)13(8,10)11;/h3-4,9H,1-2H3,(H-,8,10,11);/q-1;+1. The first kappa shape index (κ1) is 14.6. The van der Waals surface area contributed by atoms with Gasteiger partial charge in [-0.05, 0) is 26.0 Å². The second kappa shape index (κ2) is 4.61.